The lowest BCUT2D eigenvalue weighted by Gasteiger charge is -2.26. The molecule has 1 atom stereocenters. The molecule has 7 heteroatoms. The van der Waals surface area contributed by atoms with E-state index < -0.39 is 11.8 Å². The van der Waals surface area contributed by atoms with Crippen molar-refractivity contribution < 1.29 is 33.6 Å². The van der Waals surface area contributed by atoms with E-state index in [-0.39, 0.29) is 18.8 Å². The van der Waals surface area contributed by atoms with Crippen LogP contribution in [0.15, 0.2) is 103 Å². The van der Waals surface area contributed by atoms with Gasteiger partial charge in [0, 0.05) is 17.6 Å². The van der Waals surface area contributed by atoms with E-state index in [2.05, 4.69) is 0 Å². The Morgan fingerprint density at radius 3 is 2.37 bits per heavy atom. The molecule has 190 valence electrons. The average Bonchev–Trinajstić information content (AvgIpc) is 3.52. The fourth-order valence-electron chi connectivity index (χ4n) is 4.70. The summed E-state index contributed by atoms with van der Waals surface area (Å²) >= 11 is 0. The molecule has 6 rings (SSSR count). The van der Waals surface area contributed by atoms with E-state index in [1.165, 1.54) is 0 Å². The van der Waals surface area contributed by atoms with Crippen LogP contribution in [-0.4, -0.2) is 25.0 Å². The number of carbonyl (C=O) groups is 1. The summed E-state index contributed by atoms with van der Waals surface area (Å²) in [6.45, 7) is 0.106. The van der Waals surface area contributed by atoms with Crippen LogP contribution in [0.25, 0.3) is 5.57 Å². The molecule has 2 aliphatic heterocycles. The van der Waals surface area contributed by atoms with Crippen molar-refractivity contribution in [3.63, 3.8) is 0 Å². The molecule has 0 amide bonds. The largest absolute Gasteiger partial charge is 0.497 e. The fraction of sp³-hybridized carbons (Fsp3) is 0.129. The van der Waals surface area contributed by atoms with E-state index in [1.807, 2.05) is 54.6 Å². The summed E-state index contributed by atoms with van der Waals surface area (Å²) in [7, 11) is 1.56. The molecule has 0 bridgehead atoms. The zero-order chi connectivity index (χ0) is 26.1. The van der Waals surface area contributed by atoms with Crippen LogP contribution < -0.4 is 18.9 Å². The summed E-state index contributed by atoms with van der Waals surface area (Å²) in [5.41, 5.74) is 2.38. The number of hydrogen-bond donors (Lipinski definition) is 1. The smallest absolute Gasteiger partial charge is 0.342 e. The molecule has 2 heterocycles. The van der Waals surface area contributed by atoms with Crippen molar-refractivity contribution in [2.75, 3.05) is 13.9 Å². The van der Waals surface area contributed by atoms with Gasteiger partial charge in [-0.3, -0.25) is 0 Å². The third kappa shape index (κ3) is 4.23. The first-order valence-corrected chi connectivity index (χ1v) is 12.1. The van der Waals surface area contributed by atoms with Crippen LogP contribution in [0, 0.1) is 0 Å². The third-order valence-corrected chi connectivity index (χ3v) is 6.61. The van der Waals surface area contributed by atoms with E-state index >= 15 is 0 Å². The molecular formula is C31H24O7. The molecule has 0 spiro atoms. The van der Waals surface area contributed by atoms with Gasteiger partial charge in [0.05, 0.1) is 12.7 Å². The van der Waals surface area contributed by atoms with Gasteiger partial charge >= 0.3 is 5.97 Å². The first kappa shape index (κ1) is 23.6. The van der Waals surface area contributed by atoms with Crippen LogP contribution in [0.2, 0.25) is 0 Å². The molecule has 0 aromatic heterocycles. The highest BCUT2D eigenvalue weighted by atomic mass is 16.7. The number of carbonyl (C=O) groups excluding carboxylic acids is 1. The molecule has 0 saturated carbocycles. The summed E-state index contributed by atoms with van der Waals surface area (Å²) in [5.74, 6) is 0.365. The lowest BCUT2D eigenvalue weighted by atomic mass is 9.87. The topological polar surface area (TPSA) is 83.5 Å². The van der Waals surface area contributed by atoms with E-state index in [9.17, 15) is 9.90 Å². The van der Waals surface area contributed by atoms with Crippen molar-refractivity contribution >= 4 is 11.5 Å². The molecule has 7 nitrogen and oxygen atoms in total. The van der Waals surface area contributed by atoms with Gasteiger partial charge in [-0.25, -0.2) is 4.79 Å². The standard InChI is InChI=1S/C31H24O7/c1-34-23-14-12-22(13-15-23)31(33)25(17-20-7-5-6-10-26(20)37-24-8-3-2-4-9-24)29(30(32)38-31)21-11-16-27-28(18-21)36-19-35-27/h2-16,18,33H,17,19H2,1H3. The number of cyclic esters (lactones) is 1. The lowest BCUT2D eigenvalue weighted by molar-refractivity contribution is -0.185. The predicted molar refractivity (Wildman–Crippen MR) is 139 cm³/mol. The fourth-order valence-corrected chi connectivity index (χ4v) is 4.70. The number of ether oxygens (including phenoxy) is 5. The second-order valence-corrected chi connectivity index (χ2v) is 8.88. The predicted octanol–water partition coefficient (Wildman–Crippen LogP) is 5.61. The second kappa shape index (κ2) is 9.61. The van der Waals surface area contributed by atoms with Gasteiger partial charge in [-0.1, -0.05) is 42.5 Å². The summed E-state index contributed by atoms with van der Waals surface area (Å²) in [4.78, 5) is 13.4. The Morgan fingerprint density at radius 1 is 0.842 bits per heavy atom. The highest BCUT2D eigenvalue weighted by Crippen LogP contribution is 2.47. The van der Waals surface area contributed by atoms with Crippen molar-refractivity contribution in [1.29, 1.82) is 0 Å². The van der Waals surface area contributed by atoms with E-state index in [0.29, 0.717) is 45.4 Å². The lowest BCUT2D eigenvalue weighted by Crippen LogP contribution is -2.29. The third-order valence-electron chi connectivity index (χ3n) is 6.61. The Balaban J connectivity index is 1.48. The Morgan fingerprint density at radius 2 is 1.58 bits per heavy atom. The molecule has 0 fully saturated rings. The number of benzene rings is 4. The quantitative estimate of drug-likeness (QED) is 0.325. The Bertz CT molecular complexity index is 1530. The van der Waals surface area contributed by atoms with Crippen molar-refractivity contribution in [1.82, 2.24) is 0 Å². The maximum Gasteiger partial charge on any atom is 0.342 e. The number of rotatable bonds is 7. The van der Waals surface area contributed by atoms with Gasteiger partial charge in [-0.05, 0) is 65.7 Å². The number of esters is 1. The Labute approximate surface area is 219 Å². The normalized spacial score (nSPS) is 17.9. The van der Waals surface area contributed by atoms with Crippen LogP contribution in [-0.2, 0) is 21.7 Å². The molecule has 0 radical (unpaired) electrons. The van der Waals surface area contributed by atoms with Crippen LogP contribution in [0.1, 0.15) is 16.7 Å². The molecule has 0 aliphatic carbocycles. The maximum atomic E-state index is 13.4. The van der Waals surface area contributed by atoms with E-state index in [0.717, 1.165) is 5.56 Å². The highest BCUT2D eigenvalue weighted by molar-refractivity contribution is 6.20. The van der Waals surface area contributed by atoms with Crippen molar-refractivity contribution in [2.24, 2.45) is 0 Å². The maximum absolute atomic E-state index is 13.4. The molecular weight excluding hydrogens is 484 g/mol. The average molecular weight is 509 g/mol. The summed E-state index contributed by atoms with van der Waals surface area (Å²) in [6.07, 6.45) is 0.182. The molecule has 4 aromatic rings. The van der Waals surface area contributed by atoms with Gasteiger partial charge in [-0.2, -0.15) is 0 Å². The SMILES string of the molecule is COc1ccc(C2(O)OC(=O)C(c3ccc4c(c3)OCO4)=C2Cc2ccccc2Oc2ccccc2)cc1. The van der Waals surface area contributed by atoms with Crippen molar-refractivity contribution in [3.8, 4) is 28.7 Å². The summed E-state index contributed by atoms with van der Waals surface area (Å²) in [5, 5.41) is 12.0. The second-order valence-electron chi connectivity index (χ2n) is 8.88. The van der Waals surface area contributed by atoms with Gasteiger partial charge in [0.15, 0.2) is 11.5 Å². The van der Waals surface area contributed by atoms with E-state index in [4.69, 9.17) is 23.7 Å². The van der Waals surface area contributed by atoms with Crippen LogP contribution in [0.3, 0.4) is 0 Å². The van der Waals surface area contributed by atoms with Crippen LogP contribution in [0.5, 0.6) is 28.7 Å². The number of para-hydroxylation sites is 2. The van der Waals surface area contributed by atoms with E-state index in [1.54, 1.807) is 49.6 Å². The van der Waals surface area contributed by atoms with Crippen molar-refractivity contribution in [3.05, 3.63) is 119 Å². The monoisotopic (exact) mass is 508 g/mol. The van der Waals surface area contributed by atoms with Gasteiger partial charge in [0.1, 0.15) is 17.2 Å². The molecule has 38 heavy (non-hydrogen) atoms. The van der Waals surface area contributed by atoms with Crippen molar-refractivity contribution in [2.45, 2.75) is 12.2 Å². The van der Waals surface area contributed by atoms with Crippen LogP contribution >= 0.6 is 0 Å². The minimum atomic E-state index is -2.01. The Hall–Kier alpha value is -4.75. The van der Waals surface area contributed by atoms with Crippen LogP contribution in [0.4, 0.5) is 0 Å². The highest BCUT2D eigenvalue weighted by Gasteiger charge is 2.48. The van der Waals surface area contributed by atoms with Gasteiger partial charge in [0.25, 0.3) is 5.79 Å². The first-order chi connectivity index (χ1) is 18.5. The minimum Gasteiger partial charge on any atom is -0.497 e. The molecule has 1 N–H and O–H groups in total. The number of fused-ring (bicyclic) bond motifs is 1. The van der Waals surface area contributed by atoms with Gasteiger partial charge in [0.2, 0.25) is 6.79 Å². The summed E-state index contributed by atoms with van der Waals surface area (Å²) < 4.78 is 28.1. The zero-order valence-corrected chi connectivity index (χ0v) is 20.5. The molecule has 2 aliphatic rings. The summed E-state index contributed by atoms with van der Waals surface area (Å²) in [6, 6.07) is 29.0. The molecule has 0 saturated heterocycles. The molecule has 1 unspecified atom stereocenters. The number of methoxy groups -OCH3 is 1. The molecule has 4 aromatic carbocycles. The number of hydrogen-bond acceptors (Lipinski definition) is 7. The Kier molecular flexibility index (Phi) is 5.98. The first-order valence-electron chi connectivity index (χ1n) is 12.1. The number of aliphatic hydroxyl groups is 1. The van der Waals surface area contributed by atoms with Gasteiger partial charge in [-0.15, -0.1) is 0 Å². The zero-order valence-electron chi connectivity index (χ0n) is 20.5. The minimum absolute atomic E-state index is 0.106. The van der Waals surface area contributed by atoms with Gasteiger partial charge < -0.3 is 28.8 Å².